The number of hydrogen-bond acceptors (Lipinski definition) is 5. The van der Waals surface area contributed by atoms with E-state index in [1.54, 1.807) is 0 Å². The molecule has 2 aromatic heterocycles. The number of fused-ring (bicyclic) bond motifs is 1. The third-order valence-corrected chi connectivity index (χ3v) is 1.35. The Morgan fingerprint density at radius 1 is 1.24 bits per heavy atom. The van der Waals surface area contributed by atoms with Gasteiger partial charge in [-0.1, -0.05) is 0 Å². The molecule has 2 aromatic rings. The molecule has 17 heavy (non-hydrogen) atoms. The van der Waals surface area contributed by atoms with E-state index >= 15 is 0 Å². The largest absolute Gasteiger partial charge is 0.466 e. The Balaban J connectivity index is 0.000000249. The molecule has 0 atom stereocenters. The van der Waals surface area contributed by atoms with Crippen molar-refractivity contribution in [3.63, 3.8) is 0 Å². The van der Waals surface area contributed by atoms with Crippen molar-refractivity contribution < 1.29 is 23.6 Å². The van der Waals surface area contributed by atoms with Crippen LogP contribution in [0.5, 0.6) is 0 Å². The molecular formula is C5H7FN5O5P. The smallest absolute Gasteiger partial charge is 0.369 e. The summed E-state index contributed by atoms with van der Waals surface area (Å²) in [6.45, 7) is 0. The first-order valence-electron chi connectivity index (χ1n) is 3.86. The van der Waals surface area contributed by atoms with Crippen LogP contribution in [0.15, 0.2) is 4.79 Å². The number of nitrogens with one attached hydrogen (secondary N) is 2. The number of phosphoric acid groups is 1. The molecule has 0 saturated carbocycles. The molecule has 0 bridgehead atoms. The monoisotopic (exact) mass is 267 g/mol. The number of nitrogens with zero attached hydrogens (tertiary/aromatic N) is 2. The molecule has 0 spiro atoms. The zero-order valence-corrected chi connectivity index (χ0v) is 8.85. The van der Waals surface area contributed by atoms with E-state index in [1.165, 1.54) is 0 Å². The highest BCUT2D eigenvalue weighted by molar-refractivity contribution is 7.45. The highest BCUT2D eigenvalue weighted by atomic mass is 31.2. The minimum absolute atomic E-state index is 0.0123. The van der Waals surface area contributed by atoms with Crippen molar-refractivity contribution in [1.29, 1.82) is 0 Å². The van der Waals surface area contributed by atoms with Gasteiger partial charge in [0.05, 0.1) is 0 Å². The second-order valence-electron chi connectivity index (χ2n) is 2.69. The van der Waals surface area contributed by atoms with Crippen molar-refractivity contribution in [3.05, 3.63) is 16.4 Å². The van der Waals surface area contributed by atoms with Crippen LogP contribution in [0.1, 0.15) is 0 Å². The quantitative estimate of drug-likeness (QED) is 0.245. The predicted octanol–water partition coefficient (Wildman–Crippen LogP) is -1.56. The summed E-state index contributed by atoms with van der Waals surface area (Å²) in [6.07, 6.45) is -0.853. The van der Waals surface area contributed by atoms with E-state index in [9.17, 15) is 9.18 Å². The maximum Gasteiger partial charge on any atom is 0.466 e. The number of imidazole rings is 1. The van der Waals surface area contributed by atoms with Crippen LogP contribution in [0.3, 0.4) is 0 Å². The van der Waals surface area contributed by atoms with Crippen LogP contribution >= 0.6 is 7.82 Å². The molecular weight excluding hydrogens is 260 g/mol. The van der Waals surface area contributed by atoms with Gasteiger partial charge in [0.15, 0.2) is 11.2 Å². The van der Waals surface area contributed by atoms with E-state index in [4.69, 9.17) is 25.0 Å². The van der Waals surface area contributed by atoms with Crippen LogP contribution in [-0.4, -0.2) is 34.6 Å². The second-order valence-corrected chi connectivity index (χ2v) is 3.72. The number of nitrogen functional groups attached to an aromatic ring is 1. The first kappa shape index (κ1) is 13.3. The highest BCUT2D eigenvalue weighted by Gasteiger charge is 2.06. The maximum atomic E-state index is 12.4. The molecule has 2 heterocycles. The predicted molar refractivity (Wildman–Crippen MR) is 53.1 cm³/mol. The normalized spacial score (nSPS) is 11.1. The lowest BCUT2D eigenvalue weighted by Crippen LogP contribution is -2.10. The Kier molecular flexibility index (Phi) is 3.58. The lowest BCUT2D eigenvalue weighted by molar-refractivity contribution is 0.275. The van der Waals surface area contributed by atoms with E-state index < -0.39 is 19.5 Å². The summed E-state index contributed by atoms with van der Waals surface area (Å²) in [5.41, 5.74) is 4.63. The molecule has 94 valence electrons. The Labute approximate surface area is 91.6 Å². The fourth-order valence-electron chi connectivity index (χ4n) is 0.896. The third-order valence-electron chi connectivity index (χ3n) is 1.35. The molecule has 0 radical (unpaired) electrons. The minimum Gasteiger partial charge on any atom is -0.369 e. The van der Waals surface area contributed by atoms with Gasteiger partial charge < -0.3 is 25.4 Å². The average Bonchev–Trinajstić information content (AvgIpc) is 2.42. The molecule has 7 N–H and O–H groups in total. The van der Waals surface area contributed by atoms with Gasteiger partial charge in [-0.3, -0.25) is 9.78 Å². The summed E-state index contributed by atoms with van der Waals surface area (Å²) in [5.74, 6) is -0.0843. The number of rotatable bonds is 0. The first-order chi connectivity index (χ1) is 7.66. The SMILES string of the molecule is Nc1nc2nc(F)[nH]c2c(=O)[nH]1.O=P(O)(O)O. The van der Waals surface area contributed by atoms with Gasteiger partial charge in [-0.15, -0.1) is 0 Å². The van der Waals surface area contributed by atoms with Crippen molar-refractivity contribution in [2.24, 2.45) is 0 Å². The van der Waals surface area contributed by atoms with E-state index in [0.29, 0.717) is 0 Å². The van der Waals surface area contributed by atoms with Gasteiger partial charge in [-0.25, -0.2) is 4.57 Å². The fraction of sp³-hybridized carbons (Fsp3) is 0. The summed E-state index contributed by atoms with van der Waals surface area (Å²) in [5, 5.41) is 0. The highest BCUT2D eigenvalue weighted by Crippen LogP contribution is 2.25. The number of nitrogens with two attached hydrogens (primary N) is 1. The standard InChI is InChI=1S/C5H4FN5O.H3O4P/c6-4-8-1-2(9-4)10-5(7)11-3(1)12;1-5(2,3)4/h(H4,7,8,9,10,11,12);(H3,1,2,3,4). The van der Waals surface area contributed by atoms with Crippen molar-refractivity contribution in [3.8, 4) is 0 Å². The Bertz CT molecular complexity index is 623. The van der Waals surface area contributed by atoms with Gasteiger partial charge in [0, 0.05) is 0 Å². The van der Waals surface area contributed by atoms with E-state index in [2.05, 4.69) is 19.9 Å². The molecule has 0 aliphatic carbocycles. The van der Waals surface area contributed by atoms with Crippen molar-refractivity contribution in [1.82, 2.24) is 19.9 Å². The zero-order chi connectivity index (χ0) is 13.2. The molecule has 0 aromatic carbocycles. The number of aromatic nitrogens is 4. The molecule has 2 rings (SSSR count). The van der Waals surface area contributed by atoms with Crippen LogP contribution in [0, 0.1) is 6.08 Å². The summed E-state index contributed by atoms with van der Waals surface area (Å²) >= 11 is 0. The van der Waals surface area contributed by atoms with Gasteiger partial charge in [-0.2, -0.15) is 14.4 Å². The Morgan fingerprint density at radius 2 is 1.76 bits per heavy atom. The van der Waals surface area contributed by atoms with Gasteiger partial charge in [-0.05, 0) is 0 Å². The van der Waals surface area contributed by atoms with Gasteiger partial charge in [0.25, 0.3) is 11.6 Å². The molecule has 0 unspecified atom stereocenters. The zero-order valence-electron chi connectivity index (χ0n) is 7.96. The van der Waals surface area contributed by atoms with Crippen LogP contribution in [0.25, 0.3) is 11.2 Å². The molecule has 0 amide bonds. The van der Waals surface area contributed by atoms with Crippen molar-refractivity contribution in [2.45, 2.75) is 0 Å². The number of aromatic amines is 2. The summed E-state index contributed by atoms with van der Waals surface area (Å²) < 4.78 is 21.3. The lowest BCUT2D eigenvalue weighted by atomic mass is 10.5. The molecule has 0 fully saturated rings. The minimum atomic E-state index is -4.64. The van der Waals surface area contributed by atoms with Crippen LogP contribution in [-0.2, 0) is 4.57 Å². The lowest BCUT2D eigenvalue weighted by Gasteiger charge is -1.88. The maximum absolute atomic E-state index is 12.4. The summed E-state index contributed by atoms with van der Waals surface area (Å²) in [7, 11) is -4.64. The summed E-state index contributed by atoms with van der Waals surface area (Å²) in [4.78, 5) is 43.8. The van der Waals surface area contributed by atoms with Crippen LogP contribution in [0.4, 0.5) is 10.3 Å². The topological polar surface area (TPSA) is 178 Å². The molecule has 0 aliphatic heterocycles. The molecule has 12 heteroatoms. The fourth-order valence-corrected chi connectivity index (χ4v) is 0.896. The molecule has 0 aliphatic rings. The Hall–Kier alpha value is -1.81. The number of halogens is 1. The molecule has 10 nitrogen and oxygen atoms in total. The average molecular weight is 267 g/mol. The van der Waals surface area contributed by atoms with Crippen LogP contribution in [0.2, 0.25) is 0 Å². The molecule has 0 saturated heterocycles. The van der Waals surface area contributed by atoms with Gasteiger partial charge in [0.2, 0.25) is 5.95 Å². The number of H-pyrrole nitrogens is 2. The number of anilines is 1. The van der Waals surface area contributed by atoms with E-state index in [0.717, 1.165) is 0 Å². The van der Waals surface area contributed by atoms with E-state index in [1.807, 2.05) is 0 Å². The van der Waals surface area contributed by atoms with Gasteiger partial charge >= 0.3 is 7.82 Å². The van der Waals surface area contributed by atoms with E-state index in [-0.39, 0.29) is 17.1 Å². The second kappa shape index (κ2) is 4.59. The number of hydrogen-bond donors (Lipinski definition) is 6. The summed E-state index contributed by atoms with van der Waals surface area (Å²) in [6, 6.07) is 0. The first-order valence-corrected chi connectivity index (χ1v) is 5.42. The third kappa shape index (κ3) is 4.28. The van der Waals surface area contributed by atoms with Crippen molar-refractivity contribution in [2.75, 3.05) is 5.73 Å². The van der Waals surface area contributed by atoms with Crippen LogP contribution < -0.4 is 11.3 Å². The van der Waals surface area contributed by atoms with Gasteiger partial charge in [0.1, 0.15) is 0 Å². The Morgan fingerprint density at radius 3 is 2.29 bits per heavy atom. The van der Waals surface area contributed by atoms with Crippen molar-refractivity contribution >= 4 is 24.9 Å².